The fraction of sp³-hybridized carbons (Fsp3) is 1.00. The molecule has 3 atom stereocenters. The van der Waals surface area contributed by atoms with Crippen LogP contribution in [0.1, 0.15) is 6.42 Å². The maximum Gasteiger partial charge on any atom is 0.0833 e. The monoisotopic (exact) mass is 554 g/mol. The third-order valence-corrected chi connectivity index (χ3v) is 9.04. The summed E-state index contributed by atoms with van der Waals surface area (Å²) in [5, 5.41) is 1.01. The number of alkyl halides is 6. The Hall–Kier alpha value is 2.88. The fourth-order valence-corrected chi connectivity index (χ4v) is 5.09. The Morgan fingerprint density at radius 2 is 1.33 bits per heavy atom. The van der Waals surface area contributed by atoms with Gasteiger partial charge in [0, 0.05) is 15.0 Å². The minimum absolute atomic E-state index is 0.282. The first-order chi connectivity index (χ1) is 5.50. The number of hydrogen-bond acceptors (Lipinski definition) is 0. The van der Waals surface area contributed by atoms with E-state index in [0.29, 0.717) is 14.5 Å². The molecule has 0 aromatic carbocycles. The Kier molecular flexibility index (Phi) is 10.0. The van der Waals surface area contributed by atoms with Crippen LogP contribution in [0.5, 0.6) is 0 Å². The van der Waals surface area contributed by atoms with Gasteiger partial charge >= 0.3 is 0 Å². The summed E-state index contributed by atoms with van der Waals surface area (Å²) in [6.45, 7) is 0. The molecule has 0 spiro atoms. The first kappa shape index (κ1) is 14.9. The molecule has 6 heteroatoms. The van der Waals surface area contributed by atoms with Crippen molar-refractivity contribution in [2.45, 2.75) is 24.6 Å². The molecule has 0 rings (SSSR count). The van der Waals surface area contributed by atoms with Crippen molar-refractivity contribution in [3.05, 3.63) is 0 Å². The van der Waals surface area contributed by atoms with Crippen LogP contribution < -0.4 is 0 Å². The van der Waals surface area contributed by atoms with Gasteiger partial charge in [-0.2, -0.15) is 0 Å². The average Bonchev–Trinajstić information content (AvgIpc) is 2.02. The van der Waals surface area contributed by atoms with Gasteiger partial charge in [-0.15, -0.1) is 0 Å². The molecule has 0 aliphatic carbocycles. The van der Waals surface area contributed by atoms with E-state index in [9.17, 15) is 0 Å². The molecule has 0 saturated carbocycles. The lowest BCUT2D eigenvalue weighted by molar-refractivity contribution is 0.782. The van der Waals surface area contributed by atoms with Gasteiger partial charge in [0.15, 0.2) is 0 Å². The first-order valence-electron chi connectivity index (χ1n) is 3.27. The van der Waals surface area contributed by atoms with Crippen LogP contribution in [-0.4, -0.2) is 23.5 Å². The summed E-state index contributed by atoms with van der Waals surface area (Å²) in [7, 11) is 0. The highest BCUT2D eigenvalue weighted by Gasteiger charge is 2.26. The molecular weight excluding hydrogens is 551 g/mol. The summed E-state index contributed by atoms with van der Waals surface area (Å²) < 4.78 is 0.282. The van der Waals surface area contributed by atoms with Crippen LogP contribution in [0.3, 0.4) is 0 Å². The highest BCUT2D eigenvalue weighted by molar-refractivity contribution is 9.25. The third kappa shape index (κ3) is 5.69. The molecule has 0 fully saturated rings. The molecule has 0 radical (unpaired) electrons. The van der Waals surface area contributed by atoms with Crippen LogP contribution in [0.15, 0.2) is 0 Å². The lowest BCUT2D eigenvalue weighted by atomic mass is 10.2. The molecular formula is C6H8Br6. The van der Waals surface area contributed by atoms with Crippen LogP contribution in [-0.2, 0) is 0 Å². The third-order valence-electron chi connectivity index (χ3n) is 1.28. The van der Waals surface area contributed by atoms with Gasteiger partial charge in [0.25, 0.3) is 0 Å². The Morgan fingerprint density at radius 3 is 1.67 bits per heavy atom. The maximum atomic E-state index is 3.64. The second kappa shape index (κ2) is 8.08. The van der Waals surface area contributed by atoms with Crippen LogP contribution in [0, 0.1) is 0 Å². The first-order valence-corrected chi connectivity index (χ1v) is 8.97. The molecule has 0 heterocycles. The van der Waals surface area contributed by atoms with E-state index in [1.165, 1.54) is 0 Å². The minimum atomic E-state index is 0.282. The van der Waals surface area contributed by atoms with Gasteiger partial charge in [-0.25, -0.2) is 0 Å². The molecule has 0 nitrogen and oxygen atoms in total. The van der Waals surface area contributed by atoms with Gasteiger partial charge in [0.2, 0.25) is 0 Å². The lowest BCUT2D eigenvalue weighted by Gasteiger charge is -2.22. The lowest BCUT2D eigenvalue weighted by Crippen LogP contribution is -2.28. The Labute approximate surface area is 124 Å². The highest BCUT2D eigenvalue weighted by Crippen LogP contribution is 2.32. The number of hydrogen-bond donors (Lipinski definition) is 0. The van der Waals surface area contributed by atoms with Crippen LogP contribution in [0.4, 0.5) is 0 Å². The smallest absolute Gasteiger partial charge is 0.0833 e. The van der Waals surface area contributed by atoms with Gasteiger partial charge < -0.3 is 0 Å². The summed E-state index contributed by atoms with van der Waals surface area (Å²) in [5.74, 6) is 0. The van der Waals surface area contributed by atoms with Crippen molar-refractivity contribution in [2.24, 2.45) is 0 Å². The molecule has 3 unspecified atom stereocenters. The predicted octanol–water partition coefficient (Wildman–Crippen LogP) is 5.18. The van der Waals surface area contributed by atoms with Gasteiger partial charge in [-0.05, 0) is 6.42 Å². The molecule has 12 heavy (non-hydrogen) atoms. The fourth-order valence-electron chi connectivity index (χ4n) is 0.602. The zero-order valence-electron chi connectivity index (χ0n) is 5.99. The summed E-state index contributed by atoms with van der Waals surface area (Å²) in [6.07, 6.45) is 1.10. The van der Waals surface area contributed by atoms with Crippen LogP contribution >= 0.6 is 95.6 Å². The SMILES string of the molecule is BrCCC(Br)C(Br)C(Br)C(Br)Br. The Balaban J connectivity index is 3.90. The van der Waals surface area contributed by atoms with Crippen molar-refractivity contribution in [1.82, 2.24) is 0 Å². The molecule has 0 saturated heterocycles. The van der Waals surface area contributed by atoms with E-state index in [1.807, 2.05) is 0 Å². The molecule has 0 aromatic heterocycles. The van der Waals surface area contributed by atoms with Crippen molar-refractivity contribution >= 4 is 95.6 Å². The topological polar surface area (TPSA) is 0 Å². The van der Waals surface area contributed by atoms with Crippen molar-refractivity contribution < 1.29 is 0 Å². The molecule has 0 aliphatic heterocycles. The molecule has 0 N–H and O–H groups in total. The zero-order valence-corrected chi connectivity index (χ0v) is 15.5. The molecule has 0 amide bonds. The van der Waals surface area contributed by atoms with Crippen molar-refractivity contribution in [3.8, 4) is 0 Å². The van der Waals surface area contributed by atoms with Gasteiger partial charge in [0.05, 0.1) is 8.56 Å². The van der Waals surface area contributed by atoms with E-state index >= 15 is 0 Å². The van der Waals surface area contributed by atoms with E-state index in [2.05, 4.69) is 95.6 Å². The predicted molar refractivity (Wildman–Crippen MR) is 78.2 cm³/mol. The summed E-state index contributed by atoms with van der Waals surface area (Å²) >= 11 is 21.2. The number of halogens is 6. The largest absolute Gasteiger partial charge is 0.0928 e. The van der Waals surface area contributed by atoms with Crippen molar-refractivity contribution in [1.29, 1.82) is 0 Å². The zero-order chi connectivity index (χ0) is 9.72. The summed E-state index contributed by atoms with van der Waals surface area (Å²) in [4.78, 5) is 1.23. The second-order valence-electron chi connectivity index (χ2n) is 2.22. The molecule has 74 valence electrons. The summed E-state index contributed by atoms with van der Waals surface area (Å²) in [5.41, 5.74) is 0. The normalized spacial score (nSPS) is 19.2. The maximum absolute atomic E-state index is 3.64. The highest BCUT2D eigenvalue weighted by atomic mass is 79.9. The van der Waals surface area contributed by atoms with Gasteiger partial charge in [-0.1, -0.05) is 95.6 Å². The van der Waals surface area contributed by atoms with E-state index < -0.39 is 0 Å². The molecule has 0 bridgehead atoms. The van der Waals surface area contributed by atoms with E-state index in [4.69, 9.17) is 0 Å². The van der Waals surface area contributed by atoms with Crippen LogP contribution in [0.25, 0.3) is 0 Å². The van der Waals surface area contributed by atoms with Crippen LogP contribution in [0.2, 0.25) is 0 Å². The van der Waals surface area contributed by atoms with Gasteiger partial charge in [0.1, 0.15) is 0 Å². The average molecular weight is 560 g/mol. The Morgan fingerprint density at radius 1 is 0.833 bits per heavy atom. The van der Waals surface area contributed by atoms with E-state index in [-0.39, 0.29) is 3.74 Å². The second-order valence-corrected chi connectivity index (χ2v) is 9.50. The van der Waals surface area contributed by atoms with Crippen molar-refractivity contribution in [3.63, 3.8) is 0 Å². The standard InChI is InChI=1S/C6H8Br6/c7-2-1-3(8)4(9)5(10)6(11)12/h3-6H,1-2H2. The number of rotatable bonds is 5. The van der Waals surface area contributed by atoms with E-state index in [1.54, 1.807) is 0 Å². The summed E-state index contributed by atoms with van der Waals surface area (Å²) in [6, 6.07) is 0. The van der Waals surface area contributed by atoms with Gasteiger partial charge in [-0.3, -0.25) is 0 Å². The molecule has 0 aliphatic rings. The quantitative estimate of drug-likeness (QED) is 0.408. The molecule has 0 aromatic rings. The van der Waals surface area contributed by atoms with Crippen molar-refractivity contribution in [2.75, 3.05) is 5.33 Å². The minimum Gasteiger partial charge on any atom is -0.0928 e. The van der Waals surface area contributed by atoms with E-state index in [0.717, 1.165) is 11.8 Å². The Bertz CT molecular complexity index is 117.